The van der Waals surface area contributed by atoms with Crippen LogP contribution in [-0.2, 0) is 4.79 Å². The third-order valence-corrected chi connectivity index (χ3v) is 6.72. The third kappa shape index (κ3) is 4.47. The molecule has 1 aliphatic rings. The zero-order chi connectivity index (χ0) is 22.8. The van der Waals surface area contributed by atoms with Crippen LogP contribution in [0.2, 0.25) is 0 Å². The topological polar surface area (TPSA) is 85.2 Å². The second kappa shape index (κ2) is 9.07. The summed E-state index contributed by atoms with van der Waals surface area (Å²) in [5, 5.41) is 11.6. The fraction of sp³-hybridized carbons (Fsp3) is 0.240. The molecular weight excluding hydrogens is 436 g/mol. The SMILES string of the molecule is COc1ccc(-n2nc(-c3ccccc3)c3cc(C(=O)NCCNC(=O)C4CC4)sc32)cc1. The van der Waals surface area contributed by atoms with E-state index in [-0.39, 0.29) is 17.7 Å². The lowest BCUT2D eigenvalue weighted by Gasteiger charge is -2.06. The largest absolute Gasteiger partial charge is 0.497 e. The van der Waals surface area contributed by atoms with Crippen molar-refractivity contribution in [2.75, 3.05) is 20.2 Å². The fourth-order valence-electron chi connectivity index (χ4n) is 3.67. The number of nitrogens with one attached hydrogen (secondary N) is 2. The Kier molecular flexibility index (Phi) is 5.83. The van der Waals surface area contributed by atoms with Crippen molar-refractivity contribution in [1.29, 1.82) is 0 Å². The predicted octanol–water partition coefficient (Wildman–Crippen LogP) is 4.02. The zero-order valence-electron chi connectivity index (χ0n) is 18.2. The number of hydrogen-bond donors (Lipinski definition) is 2. The summed E-state index contributed by atoms with van der Waals surface area (Å²) in [4.78, 5) is 26.1. The van der Waals surface area contributed by atoms with Gasteiger partial charge in [0.1, 0.15) is 16.3 Å². The third-order valence-electron chi connectivity index (χ3n) is 5.61. The maximum atomic E-state index is 12.8. The molecule has 0 saturated heterocycles. The molecule has 7 nitrogen and oxygen atoms in total. The zero-order valence-corrected chi connectivity index (χ0v) is 19.0. The van der Waals surface area contributed by atoms with Gasteiger partial charge in [0.15, 0.2) is 0 Å². The number of rotatable bonds is 8. The lowest BCUT2D eigenvalue weighted by Crippen LogP contribution is -2.35. The van der Waals surface area contributed by atoms with Crippen molar-refractivity contribution in [3.05, 3.63) is 65.5 Å². The van der Waals surface area contributed by atoms with Crippen LogP contribution in [0, 0.1) is 5.92 Å². The minimum Gasteiger partial charge on any atom is -0.497 e. The van der Waals surface area contributed by atoms with Crippen LogP contribution >= 0.6 is 11.3 Å². The summed E-state index contributed by atoms with van der Waals surface area (Å²) < 4.78 is 7.14. The van der Waals surface area contributed by atoms with E-state index in [1.807, 2.05) is 65.3 Å². The van der Waals surface area contributed by atoms with Crippen LogP contribution in [0.5, 0.6) is 5.75 Å². The average Bonchev–Trinajstić information content (AvgIpc) is 3.52. The van der Waals surface area contributed by atoms with E-state index in [4.69, 9.17) is 9.84 Å². The van der Waals surface area contributed by atoms with E-state index in [2.05, 4.69) is 10.6 Å². The van der Waals surface area contributed by atoms with Gasteiger partial charge in [-0.25, -0.2) is 4.68 Å². The van der Waals surface area contributed by atoms with Gasteiger partial charge in [-0.3, -0.25) is 9.59 Å². The molecule has 33 heavy (non-hydrogen) atoms. The van der Waals surface area contributed by atoms with Crippen molar-refractivity contribution >= 4 is 33.4 Å². The number of nitrogens with zero attached hydrogens (tertiary/aromatic N) is 2. The number of fused-ring (bicyclic) bond motifs is 1. The number of ether oxygens (including phenoxy) is 1. The molecule has 0 aliphatic heterocycles. The van der Waals surface area contributed by atoms with E-state index in [0.29, 0.717) is 18.0 Å². The Bertz CT molecular complexity index is 1290. The summed E-state index contributed by atoms with van der Waals surface area (Å²) in [5.74, 6) is 0.862. The molecule has 2 heterocycles. The Hall–Kier alpha value is -3.65. The maximum absolute atomic E-state index is 12.8. The quantitative estimate of drug-likeness (QED) is 0.389. The first-order chi connectivity index (χ1) is 16.1. The highest BCUT2D eigenvalue weighted by Gasteiger charge is 2.29. The van der Waals surface area contributed by atoms with Crippen LogP contribution in [0.25, 0.3) is 27.2 Å². The molecule has 1 aliphatic carbocycles. The molecule has 0 unspecified atom stereocenters. The van der Waals surface area contributed by atoms with E-state index >= 15 is 0 Å². The minimum absolute atomic E-state index is 0.0817. The van der Waals surface area contributed by atoms with Gasteiger partial charge in [-0.1, -0.05) is 30.3 Å². The van der Waals surface area contributed by atoms with Gasteiger partial charge in [-0.15, -0.1) is 11.3 Å². The first-order valence-corrected chi connectivity index (χ1v) is 11.7. The van der Waals surface area contributed by atoms with E-state index in [0.717, 1.165) is 45.8 Å². The van der Waals surface area contributed by atoms with Gasteiger partial charge in [0, 0.05) is 30.0 Å². The van der Waals surface area contributed by atoms with Crippen LogP contribution in [-0.4, -0.2) is 41.8 Å². The predicted molar refractivity (Wildman–Crippen MR) is 129 cm³/mol. The van der Waals surface area contributed by atoms with Crippen LogP contribution in [0.3, 0.4) is 0 Å². The molecule has 0 radical (unpaired) electrons. The van der Waals surface area contributed by atoms with Gasteiger partial charge in [0.2, 0.25) is 5.91 Å². The highest BCUT2D eigenvalue weighted by Crippen LogP contribution is 2.36. The number of amides is 2. The highest BCUT2D eigenvalue weighted by atomic mass is 32.1. The number of hydrogen-bond acceptors (Lipinski definition) is 5. The minimum atomic E-state index is -0.155. The summed E-state index contributed by atoms with van der Waals surface area (Å²) in [5.41, 5.74) is 2.70. The number of benzene rings is 2. The van der Waals surface area contributed by atoms with Crippen molar-refractivity contribution in [1.82, 2.24) is 20.4 Å². The Morgan fingerprint density at radius 2 is 1.79 bits per heavy atom. The number of methoxy groups -OCH3 is 1. The van der Waals surface area contributed by atoms with Gasteiger partial charge in [0.25, 0.3) is 5.91 Å². The van der Waals surface area contributed by atoms with E-state index in [1.165, 1.54) is 11.3 Å². The molecule has 2 aromatic heterocycles. The molecule has 2 N–H and O–H groups in total. The molecule has 0 atom stereocenters. The van der Waals surface area contributed by atoms with Crippen molar-refractivity contribution in [2.24, 2.45) is 5.92 Å². The monoisotopic (exact) mass is 460 g/mol. The number of aromatic nitrogens is 2. The van der Waals surface area contributed by atoms with Crippen LogP contribution in [0.15, 0.2) is 60.7 Å². The standard InChI is InChI=1S/C25H24N4O3S/c1-32-19-11-9-18(10-12-19)29-25-20(22(28-29)16-5-3-2-4-6-16)15-21(33-25)24(31)27-14-13-26-23(30)17-7-8-17/h2-6,9-12,15,17H,7-8,13-14H2,1H3,(H,26,30)(H,27,31). The van der Waals surface area contributed by atoms with E-state index in [9.17, 15) is 9.59 Å². The Labute approximate surface area is 195 Å². The number of thiophene rings is 1. The van der Waals surface area contributed by atoms with E-state index < -0.39 is 0 Å². The molecular formula is C25H24N4O3S. The Morgan fingerprint density at radius 1 is 1.06 bits per heavy atom. The molecule has 2 amide bonds. The second-order valence-corrected chi connectivity index (χ2v) is 9.01. The molecule has 8 heteroatoms. The van der Waals surface area contributed by atoms with Crippen molar-refractivity contribution in [3.63, 3.8) is 0 Å². The average molecular weight is 461 g/mol. The Balaban J connectivity index is 1.42. The van der Waals surface area contributed by atoms with E-state index in [1.54, 1.807) is 7.11 Å². The molecule has 1 fully saturated rings. The molecule has 2 aromatic carbocycles. The fourth-order valence-corrected chi connectivity index (χ4v) is 4.71. The molecule has 168 valence electrons. The highest BCUT2D eigenvalue weighted by molar-refractivity contribution is 7.20. The summed E-state index contributed by atoms with van der Waals surface area (Å²) in [6, 6.07) is 19.5. The van der Waals surface area contributed by atoms with Crippen LogP contribution in [0.4, 0.5) is 0 Å². The van der Waals surface area contributed by atoms with Gasteiger partial charge >= 0.3 is 0 Å². The van der Waals surface area contributed by atoms with Gasteiger partial charge in [-0.05, 0) is 43.2 Å². The lowest BCUT2D eigenvalue weighted by molar-refractivity contribution is -0.122. The van der Waals surface area contributed by atoms with Crippen LogP contribution in [0.1, 0.15) is 22.5 Å². The second-order valence-electron chi connectivity index (χ2n) is 7.98. The van der Waals surface area contributed by atoms with Gasteiger partial charge in [-0.2, -0.15) is 5.10 Å². The molecule has 5 rings (SSSR count). The first kappa shape index (κ1) is 21.2. The summed E-state index contributed by atoms with van der Waals surface area (Å²) in [6.45, 7) is 0.822. The van der Waals surface area contributed by atoms with Crippen LogP contribution < -0.4 is 15.4 Å². The van der Waals surface area contributed by atoms with Crippen molar-refractivity contribution < 1.29 is 14.3 Å². The lowest BCUT2D eigenvalue weighted by atomic mass is 10.1. The normalized spacial score (nSPS) is 13.1. The molecule has 1 saturated carbocycles. The molecule has 4 aromatic rings. The number of carbonyl (C=O) groups excluding carboxylic acids is 2. The molecule has 0 spiro atoms. The Morgan fingerprint density at radius 3 is 2.48 bits per heavy atom. The van der Waals surface area contributed by atoms with Gasteiger partial charge in [0.05, 0.1) is 17.7 Å². The summed E-state index contributed by atoms with van der Waals surface area (Å²) >= 11 is 1.40. The van der Waals surface area contributed by atoms with Gasteiger partial charge < -0.3 is 15.4 Å². The smallest absolute Gasteiger partial charge is 0.261 e. The number of carbonyl (C=O) groups is 2. The summed E-state index contributed by atoms with van der Waals surface area (Å²) in [7, 11) is 1.64. The molecule has 0 bridgehead atoms. The first-order valence-electron chi connectivity index (χ1n) is 10.9. The van der Waals surface area contributed by atoms with Crippen molar-refractivity contribution in [2.45, 2.75) is 12.8 Å². The van der Waals surface area contributed by atoms with Crippen molar-refractivity contribution in [3.8, 4) is 22.7 Å². The maximum Gasteiger partial charge on any atom is 0.261 e. The summed E-state index contributed by atoms with van der Waals surface area (Å²) in [6.07, 6.45) is 1.93.